The smallest absolute Gasteiger partial charge is 0.232 e. The minimum atomic E-state index is -4.36. The quantitative estimate of drug-likeness (QED) is 0.733. The molecular weight excluding hydrogens is 235 g/mol. The van der Waals surface area contributed by atoms with Crippen molar-refractivity contribution >= 4 is 11.3 Å². The lowest BCUT2D eigenvalue weighted by molar-refractivity contribution is -0.140. The Morgan fingerprint density at radius 1 is 1.12 bits per heavy atom. The molecule has 1 heterocycles. The predicted molar refractivity (Wildman–Crippen MR) is 57.3 cm³/mol. The average Bonchev–Trinajstić information content (AvgIpc) is 2.67. The van der Waals surface area contributed by atoms with E-state index in [4.69, 9.17) is 0 Å². The van der Waals surface area contributed by atoms with E-state index < -0.39 is 11.9 Å². The number of nitrogens with zero attached hydrogens (tertiary/aromatic N) is 1. The summed E-state index contributed by atoms with van der Waals surface area (Å²) in [6.07, 6.45) is -4.36. The van der Waals surface area contributed by atoms with E-state index >= 15 is 0 Å². The van der Waals surface area contributed by atoms with E-state index in [9.17, 15) is 13.2 Å². The van der Waals surface area contributed by atoms with Gasteiger partial charge in [-0.25, -0.2) is 4.98 Å². The van der Waals surface area contributed by atoms with Gasteiger partial charge < -0.3 is 0 Å². The van der Waals surface area contributed by atoms with Crippen LogP contribution in [0.25, 0.3) is 10.6 Å². The third-order valence-corrected chi connectivity index (χ3v) is 2.98. The van der Waals surface area contributed by atoms with Gasteiger partial charge in [0.25, 0.3) is 0 Å². The lowest BCUT2D eigenvalue weighted by Gasteiger charge is -2.00. The van der Waals surface area contributed by atoms with Gasteiger partial charge in [-0.3, -0.25) is 0 Å². The molecule has 2 aromatic rings. The maximum absolute atomic E-state index is 12.3. The number of alkyl halides is 3. The molecule has 0 aliphatic heterocycles. The summed E-state index contributed by atoms with van der Waals surface area (Å²) in [6, 6.07) is 7.25. The Morgan fingerprint density at radius 2 is 1.75 bits per heavy atom. The molecule has 1 aromatic heterocycles. The molecule has 1 nitrogen and oxygen atoms in total. The molecule has 84 valence electrons. The normalized spacial score (nSPS) is 11.8. The predicted octanol–water partition coefficient (Wildman–Crippen LogP) is 4.14. The Hall–Kier alpha value is -1.36. The van der Waals surface area contributed by atoms with Crippen molar-refractivity contribution in [3.63, 3.8) is 0 Å². The Labute approximate surface area is 94.6 Å². The summed E-state index contributed by atoms with van der Waals surface area (Å²) in [7, 11) is 0. The van der Waals surface area contributed by atoms with Gasteiger partial charge in [-0.05, 0) is 6.92 Å². The second-order valence-electron chi connectivity index (χ2n) is 3.40. The van der Waals surface area contributed by atoms with Crippen LogP contribution in [0.2, 0.25) is 0 Å². The van der Waals surface area contributed by atoms with Crippen LogP contribution in [-0.2, 0) is 6.18 Å². The molecule has 5 heteroatoms. The fourth-order valence-corrected chi connectivity index (χ4v) is 2.07. The Bertz CT molecular complexity index is 485. The Kier molecular flexibility index (Phi) is 2.71. The summed E-state index contributed by atoms with van der Waals surface area (Å²) in [5, 5.41) is 1.43. The molecule has 0 aliphatic carbocycles. The lowest BCUT2D eigenvalue weighted by Crippen LogP contribution is -2.04. The second kappa shape index (κ2) is 3.90. The number of halogens is 3. The molecule has 16 heavy (non-hydrogen) atoms. The van der Waals surface area contributed by atoms with Gasteiger partial charge in [0, 0.05) is 10.9 Å². The largest absolute Gasteiger partial charge is 0.434 e. The lowest BCUT2D eigenvalue weighted by atomic mass is 10.2. The monoisotopic (exact) mass is 243 g/mol. The molecule has 0 saturated carbocycles. The highest BCUT2D eigenvalue weighted by Crippen LogP contribution is 2.33. The van der Waals surface area contributed by atoms with Crippen molar-refractivity contribution in [2.24, 2.45) is 0 Å². The number of hydrogen-bond donors (Lipinski definition) is 0. The van der Waals surface area contributed by atoms with Crippen molar-refractivity contribution in [3.05, 3.63) is 40.9 Å². The molecule has 0 saturated heterocycles. The van der Waals surface area contributed by atoms with Gasteiger partial charge in [0.05, 0.1) is 0 Å². The zero-order valence-corrected chi connectivity index (χ0v) is 9.19. The van der Waals surface area contributed by atoms with Gasteiger partial charge in [0.15, 0.2) is 5.69 Å². The first kappa shape index (κ1) is 11.1. The first-order chi connectivity index (χ1) is 7.47. The summed E-state index contributed by atoms with van der Waals surface area (Å²) in [5.74, 6) is 0. The van der Waals surface area contributed by atoms with Crippen molar-refractivity contribution in [3.8, 4) is 10.6 Å². The SMILES string of the molecule is Cc1ccc(-c2nc(C(F)(F)F)cs2)cc1. The van der Waals surface area contributed by atoms with E-state index in [1.807, 2.05) is 19.1 Å². The van der Waals surface area contributed by atoms with Crippen LogP contribution in [0, 0.1) is 6.92 Å². The molecule has 0 radical (unpaired) electrons. The van der Waals surface area contributed by atoms with Crippen molar-refractivity contribution < 1.29 is 13.2 Å². The third-order valence-electron chi connectivity index (χ3n) is 2.09. The Morgan fingerprint density at radius 3 is 2.25 bits per heavy atom. The minimum Gasteiger partial charge on any atom is -0.232 e. The molecule has 0 spiro atoms. The van der Waals surface area contributed by atoms with Crippen LogP contribution in [0.5, 0.6) is 0 Å². The van der Waals surface area contributed by atoms with Crippen molar-refractivity contribution in [1.29, 1.82) is 0 Å². The van der Waals surface area contributed by atoms with Crippen molar-refractivity contribution in [2.75, 3.05) is 0 Å². The van der Waals surface area contributed by atoms with Crippen LogP contribution < -0.4 is 0 Å². The fraction of sp³-hybridized carbons (Fsp3) is 0.182. The molecule has 2 rings (SSSR count). The van der Waals surface area contributed by atoms with Crippen molar-refractivity contribution in [2.45, 2.75) is 13.1 Å². The van der Waals surface area contributed by atoms with E-state index in [2.05, 4.69) is 4.98 Å². The second-order valence-corrected chi connectivity index (χ2v) is 4.26. The summed E-state index contributed by atoms with van der Waals surface area (Å²) in [4.78, 5) is 3.57. The highest BCUT2D eigenvalue weighted by Gasteiger charge is 2.33. The minimum absolute atomic E-state index is 0.396. The van der Waals surface area contributed by atoms with Gasteiger partial charge in [-0.1, -0.05) is 29.8 Å². The van der Waals surface area contributed by atoms with Gasteiger partial charge in [0.2, 0.25) is 0 Å². The fourth-order valence-electron chi connectivity index (χ4n) is 1.23. The number of thiazole rings is 1. The van der Waals surface area contributed by atoms with Crippen LogP contribution in [0.3, 0.4) is 0 Å². The first-order valence-electron chi connectivity index (χ1n) is 4.56. The maximum atomic E-state index is 12.3. The standard InChI is InChI=1S/C11H8F3NS/c1-7-2-4-8(5-3-7)10-15-9(6-16-10)11(12,13)14/h2-6H,1H3. The third kappa shape index (κ3) is 2.24. The van der Waals surface area contributed by atoms with Gasteiger partial charge >= 0.3 is 6.18 Å². The molecule has 0 atom stereocenters. The van der Waals surface area contributed by atoms with Crippen LogP contribution >= 0.6 is 11.3 Å². The summed E-state index contributed by atoms with van der Waals surface area (Å²) >= 11 is 1.00. The van der Waals surface area contributed by atoms with Crippen LogP contribution in [-0.4, -0.2) is 4.98 Å². The topological polar surface area (TPSA) is 12.9 Å². The summed E-state index contributed by atoms with van der Waals surface area (Å²) in [5.41, 5.74) is 0.954. The number of rotatable bonds is 1. The molecule has 0 N–H and O–H groups in total. The van der Waals surface area contributed by atoms with Crippen LogP contribution in [0.4, 0.5) is 13.2 Å². The molecule has 0 amide bonds. The first-order valence-corrected chi connectivity index (χ1v) is 5.44. The van der Waals surface area contributed by atoms with Gasteiger partial charge in [-0.15, -0.1) is 11.3 Å². The Balaban J connectivity index is 2.35. The van der Waals surface area contributed by atoms with E-state index in [0.717, 1.165) is 22.3 Å². The van der Waals surface area contributed by atoms with Crippen LogP contribution in [0.15, 0.2) is 29.6 Å². The van der Waals surface area contributed by atoms with Crippen LogP contribution in [0.1, 0.15) is 11.3 Å². The number of aromatic nitrogens is 1. The summed E-state index contributed by atoms with van der Waals surface area (Å²) < 4.78 is 37.0. The van der Waals surface area contributed by atoms with Crippen molar-refractivity contribution in [1.82, 2.24) is 4.98 Å². The highest BCUT2D eigenvalue weighted by atomic mass is 32.1. The maximum Gasteiger partial charge on any atom is 0.434 e. The molecule has 0 fully saturated rings. The molecule has 1 aromatic carbocycles. The zero-order valence-electron chi connectivity index (χ0n) is 8.38. The van der Waals surface area contributed by atoms with E-state index in [0.29, 0.717) is 10.6 Å². The molecular formula is C11H8F3NS. The number of benzene rings is 1. The van der Waals surface area contributed by atoms with E-state index in [-0.39, 0.29) is 0 Å². The molecule has 0 aliphatic rings. The highest BCUT2D eigenvalue weighted by molar-refractivity contribution is 7.13. The average molecular weight is 243 g/mol. The number of aryl methyl sites for hydroxylation is 1. The van der Waals surface area contributed by atoms with Gasteiger partial charge in [0.1, 0.15) is 5.01 Å². The molecule has 0 bridgehead atoms. The van der Waals surface area contributed by atoms with E-state index in [1.54, 1.807) is 12.1 Å². The number of hydrogen-bond acceptors (Lipinski definition) is 2. The van der Waals surface area contributed by atoms with Gasteiger partial charge in [-0.2, -0.15) is 13.2 Å². The van der Waals surface area contributed by atoms with E-state index in [1.165, 1.54) is 0 Å². The molecule has 0 unspecified atom stereocenters. The zero-order chi connectivity index (χ0) is 11.8. The summed E-state index contributed by atoms with van der Waals surface area (Å²) in [6.45, 7) is 1.92.